The summed E-state index contributed by atoms with van der Waals surface area (Å²) < 4.78 is 5.48. The van der Waals surface area contributed by atoms with Crippen LogP contribution in [0.3, 0.4) is 0 Å². The van der Waals surface area contributed by atoms with E-state index in [2.05, 4.69) is 15.5 Å². The number of nitrogens with zero attached hydrogens (tertiary/aromatic N) is 2. The van der Waals surface area contributed by atoms with Crippen molar-refractivity contribution in [1.82, 2.24) is 10.2 Å². The van der Waals surface area contributed by atoms with E-state index in [9.17, 15) is 9.59 Å². The number of aryl methyl sites for hydroxylation is 1. The molecule has 1 aromatic carbocycles. The van der Waals surface area contributed by atoms with E-state index in [1.54, 1.807) is 24.3 Å². The van der Waals surface area contributed by atoms with Gasteiger partial charge in [-0.05, 0) is 37.1 Å². The van der Waals surface area contributed by atoms with E-state index >= 15 is 0 Å². The number of benzene rings is 1. The Morgan fingerprint density at radius 3 is 2.50 bits per heavy atom. The van der Waals surface area contributed by atoms with Crippen molar-refractivity contribution in [2.45, 2.75) is 39.5 Å². The van der Waals surface area contributed by atoms with Crippen LogP contribution in [0.15, 0.2) is 24.3 Å². The van der Waals surface area contributed by atoms with E-state index in [0.717, 1.165) is 23.6 Å². The van der Waals surface area contributed by atoms with Gasteiger partial charge in [0.25, 0.3) is 0 Å². The first kappa shape index (κ1) is 18.1. The Labute approximate surface area is 145 Å². The number of amides is 1. The van der Waals surface area contributed by atoms with Gasteiger partial charge < -0.3 is 10.1 Å². The summed E-state index contributed by atoms with van der Waals surface area (Å²) >= 11 is 1.35. The molecule has 0 atom stereocenters. The van der Waals surface area contributed by atoms with Crippen LogP contribution >= 0.6 is 11.3 Å². The molecule has 1 N–H and O–H groups in total. The van der Waals surface area contributed by atoms with Crippen LogP contribution in [0.1, 0.15) is 48.5 Å². The lowest BCUT2D eigenvalue weighted by Gasteiger charge is -2.05. The van der Waals surface area contributed by atoms with E-state index in [1.165, 1.54) is 11.3 Å². The lowest BCUT2D eigenvalue weighted by Crippen LogP contribution is -2.13. The quantitative estimate of drug-likeness (QED) is 0.702. The second kappa shape index (κ2) is 9.12. The highest BCUT2D eigenvalue weighted by Gasteiger charge is 2.11. The molecule has 24 heavy (non-hydrogen) atoms. The maximum Gasteiger partial charge on any atom is 0.226 e. The Morgan fingerprint density at radius 1 is 1.12 bits per heavy atom. The highest BCUT2D eigenvalue weighted by molar-refractivity contribution is 7.15. The van der Waals surface area contributed by atoms with Gasteiger partial charge in [0.15, 0.2) is 5.78 Å². The zero-order chi connectivity index (χ0) is 17.4. The number of rotatable bonds is 9. The van der Waals surface area contributed by atoms with Crippen LogP contribution in [-0.2, 0) is 11.2 Å². The molecule has 2 rings (SSSR count). The van der Waals surface area contributed by atoms with E-state index < -0.39 is 0 Å². The van der Waals surface area contributed by atoms with Gasteiger partial charge in [0.2, 0.25) is 11.0 Å². The fourth-order valence-electron chi connectivity index (χ4n) is 1.96. The molecule has 7 heteroatoms. The molecular formula is C17H21N3O3S. The van der Waals surface area contributed by atoms with Crippen LogP contribution in [-0.4, -0.2) is 28.5 Å². The zero-order valence-corrected chi connectivity index (χ0v) is 14.7. The Kier molecular flexibility index (Phi) is 6.87. The summed E-state index contributed by atoms with van der Waals surface area (Å²) in [5, 5.41) is 11.8. The van der Waals surface area contributed by atoms with Gasteiger partial charge in [0.05, 0.1) is 6.61 Å². The molecule has 0 aliphatic heterocycles. The molecule has 2 aromatic rings. The highest BCUT2D eigenvalue weighted by Crippen LogP contribution is 2.17. The maximum atomic E-state index is 12.1. The standard InChI is InChI=1S/C17H21N3O3S/c1-3-11-23-13-7-5-12(6-8-13)14(21)9-10-15(22)18-17-20-19-16(4-2)24-17/h5-8H,3-4,9-11H2,1-2H3,(H,18,20,22). The minimum atomic E-state index is -0.231. The topological polar surface area (TPSA) is 81.2 Å². The van der Waals surface area contributed by atoms with Gasteiger partial charge in [0.1, 0.15) is 10.8 Å². The molecule has 1 heterocycles. The molecule has 0 saturated heterocycles. The Bertz CT molecular complexity index is 683. The van der Waals surface area contributed by atoms with Gasteiger partial charge in [0, 0.05) is 18.4 Å². The third-order valence-corrected chi connectivity index (χ3v) is 4.23. The molecule has 0 spiro atoms. The van der Waals surface area contributed by atoms with Gasteiger partial charge in [-0.2, -0.15) is 0 Å². The number of nitrogens with one attached hydrogen (secondary N) is 1. The summed E-state index contributed by atoms with van der Waals surface area (Å²) in [6.07, 6.45) is 1.99. The van der Waals surface area contributed by atoms with E-state index in [4.69, 9.17) is 4.74 Å². The molecule has 6 nitrogen and oxygen atoms in total. The van der Waals surface area contributed by atoms with Gasteiger partial charge in [-0.1, -0.05) is 25.2 Å². The van der Waals surface area contributed by atoms with Gasteiger partial charge in [-0.25, -0.2) is 0 Å². The Morgan fingerprint density at radius 2 is 1.88 bits per heavy atom. The number of ketones is 1. The fraction of sp³-hybridized carbons (Fsp3) is 0.412. The van der Waals surface area contributed by atoms with Gasteiger partial charge >= 0.3 is 0 Å². The first-order valence-electron chi connectivity index (χ1n) is 8.00. The van der Waals surface area contributed by atoms with Crippen molar-refractivity contribution in [3.63, 3.8) is 0 Å². The van der Waals surface area contributed by atoms with Crippen LogP contribution in [0.25, 0.3) is 0 Å². The number of carbonyl (C=O) groups is 2. The molecule has 0 unspecified atom stereocenters. The van der Waals surface area contributed by atoms with E-state index in [1.807, 2.05) is 13.8 Å². The van der Waals surface area contributed by atoms with Crippen LogP contribution in [0.4, 0.5) is 5.13 Å². The molecule has 128 valence electrons. The van der Waals surface area contributed by atoms with E-state index in [0.29, 0.717) is 17.3 Å². The average Bonchev–Trinajstić information content (AvgIpc) is 3.05. The second-order valence-corrected chi connectivity index (χ2v) is 6.26. The number of carbonyl (C=O) groups excluding carboxylic acids is 2. The number of aromatic nitrogens is 2. The van der Waals surface area contributed by atoms with Gasteiger partial charge in [-0.15, -0.1) is 10.2 Å². The van der Waals surface area contributed by atoms with Crippen molar-refractivity contribution >= 4 is 28.2 Å². The monoisotopic (exact) mass is 347 g/mol. The van der Waals surface area contributed by atoms with Crippen LogP contribution < -0.4 is 10.1 Å². The van der Waals surface area contributed by atoms with Crippen LogP contribution in [0.2, 0.25) is 0 Å². The van der Waals surface area contributed by atoms with Crippen molar-refractivity contribution in [3.05, 3.63) is 34.8 Å². The summed E-state index contributed by atoms with van der Waals surface area (Å²) in [7, 11) is 0. The lowest BCUT2D eigenvalue weighted by molar-refractivity contribution is -0.116. The zero-order valence-electron chi connectivity index (χ0n) is 13.9. The number of hydrogen-bond donors (Lipinski definition) is 1. The van der Waals surface area contributed by atoms with Crippen LogP contribution in [0.5, 0.6) is 5.75 Å². The average molecular weight is 347 g/mol. The Balaban J connectivity index is 1.80. The molecule has 0 aliphatic carbocycles. The SMILES string of the molecule is CCCOc1ccc(C(=O)CCC(=O)Nc2nnc(CC)s2)cc1. The second-order valence-electron chi connectivity index (χ2n) is 5.20. The highest BCUT2D eigenvalue weighted by atomic mass is 32.1. The molecule has 0 fully saturated rings. The maximum absolute atomic E-state index is 12.1. The summed E-state index contributed by atoms with van der Waals surface area (Å²) in [4.78, 5) is 24.0. The smallest absolute Gasteiger partial charge is 0.226 e. The summed E-state index contributed by atoms with van der Waals surface area (Å²) in [6.45, 7) is 4.66. The number of ether oxygens (including phenoxy) is 1. The largest absolute Gasteiger partial charge is 0.494 e. The Hall–Kier alpha value is -2.28. The molecule has 1 amide bonds. The van der Waals surface area contributed by atoms with Crippen molar-refractivity contribution in [2.24, 2.45) is 0 Å². The predicted molar refractivity (Wildman–Crippen MR) is 93.7 cm³/mol. The molecule has 0 radical (unpaired) electrons. The van der Waals surface area contributed by atoms with Crippen molar-refractivity contribution in [3.8, 4) is 5.75 Å². The third kappa shape index (κ3) is 5.42. The third-order valence-electron chi connectivity index (χ3n) is 3.24. The van der Waals surface area contributed by atoms with Crippen molar-refractivity contribution in [2.75, 3.05) is 11.9 Å². The molecule has 1 aromatic heterocycles. The molecular weight excluding hydrogens is 326 g/mol. The summed E-state index contributed by atoms with van der Waals surface area (Å²) in [5.41, 5.74) is 0.579. The minimum Gasteiger partial charge on any atom is -0.494 e. The number of hydrogen-bond acceptors (Lipinski definition) is 6. The number of anilines is 1. The first-order valence-corrected chi connectivity index (χ1v) is 8.82. The molecule has 0 bridgehead atoms. The first-order chi connectivity index (χ1) is 11.6. The predicted octanol–water partition coefficient (Wildman–Crippen LogP) is 3.49. The lowest BCUT2D eigenvalue weighted by atomic mass is 10.1. The number of Topliss-reactive ketones (excluding diaryl/α,β-unsaturated/α-hetero) is 1. The summed E-state index contributed by atoms with van der Waals surface area (Å²) in [5.74, 6) is 0.442. The normalized spacial score (nSPS) is 10.4. The molecule has 0 aliphatic rings. The molecule has 0 saturated carbocycles. The van der Waals surface area contributed by atoms with Gasteiger partial charge in [-0.3, -0.25) is 9.59 Å². The summed E-state index contributed by atoms with van der Waals surface area (Å²) in [6, 6.07) is 7.00. The van der Waals surface area contributed by atoms with E-state index in [-0.39, 0.29) is 24.5 Å². The van der Waals surface area contributed by atoms with Crippen molar-refractivity contribution < 1.29 is 14.3 Å². The fourth-order valence-corrected chi connectivity index (χ4v) is 2.65. The minimum absolute atomic E-state index is 0.0706. The van der Waals surface area contributed by atoms with Crippen LogP contribution in [0, 0.1) is 0 Å². The van der Waals surface area contributed by atoms with Crippen molar-refractivity contribution in [1.29, 1.82) is 0 Å².